The van der Waals surface area contributed by atoms with Gasteiger partial charge >= 0.3 is 0 Å². The zero-order valence-electron chi connectivity index (χ0n) is 16.8. The number of benzene rings is 2. The lowest BCUT2D eigenvalue weighted by Gasteiger charge is -2.16. The molecule has 6 heteroatoms. The number of imidazole rings is 1. The molecule has 2 N–H and O–H groups in total. The first-order valence-corrected chi connectivity index (χ1v) is 10.1. The third-order valence-electron chi connectivity index (χ3n) is 5.31. The highest BCUT2D eigenvalue weighted by Gasteiger charge is 2.18. The van der Waals surface area contributed by atoms with E-state index in [0.717, 1.165) is 27.8 Å². The van der Waals surface area contributed by atoms with Gasteiger partial charge in [-0.15, -0.1) is 6.42 Å². The van der Waals surface area contributed by atoms with Gasteiger partial charge in [-0.25, -0.2) is 0 Å². The maximum absolute atomic E-state index is 12.7. The van der Waals surface area contributed by atoms with Crippen LogP contribution in [-0.2, 0) is 6.54 Å². The van der Waals surface area contributed by atoms with E-state index < -0.39 is 6.10 Å². The number of aliphatic hydroxyl groups excluding tert-OH is 1. The number of pyridine rings is 1. The molecule has 0 spiro atoms. The van der Waals surface area contributed by atoms with Crippen LogP contribution >= 0.6 is 11.6 Å². The Bertz CT molecular complexity index is 1360. The number of hydrogen-bond donors (Lipinski definition) is 2. The second kappa shape index (κ2) is 7.91. The minimum atomic E-state index is -0.717. The molecule has 4 aromatic rings. The van der Waals surface area contributed by atoms with Gasteiger partial charge in [-0.05, 0) is 49.2 Å². The minimum Gasteiger partial charge on any atom is -0.389 e. The van der Waals surface area contributed by atoms with Crippen LogP contribution in [-0.4, -0.2) is 26.7 Å². The molecular formula is C24H22ClN3O2. The van der Waals surface area contributed by atoms with Crippen molar-refractivity contribution in [2.75, 3.05) is 11.9 Å². The van der Waals surface area contributed by atoms with E-state index >= 15 is 0 Å². The van der Waals surface area contributed by atoms with Crippen molar-refractivity contribution in [2.45, 2.75) is 26.5 Å². The first-order valence-electron chi connectivity index (χ1n) is 9.69. The highest BCUT2D eigenvalue weighted by Crippen LogP contribution is 2.24. The third kappa shape index (κ3) is 3.45. The predicted octanol–water partition coefficient (Wildman–Crippen LogP) is 3.98. The molecule has 0 saturated heterocycles. The summed E-state index contributed by atoms with van der Waals surface area (Å²) in [4.78, 5) is 12.7. The number of nitrogens with one attached hydrogen (secondary N) is 1. The van der Waals surface area contributed by atoms with Crippen molar-refractivity contribution in [2.24, 2.45) is 0 Å². The summed E-state index contributed by atoms with van der Waals surface area (Å²) in [6.07, 6.45) is 5.07. The van der Waals surface area contributed by atoms with E-state index in [0.29, 0.717) is 22.8 Å². The van der Waals surface area contributed by atoms with E-state index in [9.17, 15) is 9.90 Å². The van der Waals surface area contributed by atoms with Crippen molar-refractivity contribution in [3.63, 3.8) is 0 Å². The van der Waals surface area contributed by atoms with Gasteiger partial charge in [0.15, 0.2) is 0 Å². The quantitative estimate of drug-likeness (QED) is 0.481. The van der Waals surface area contributed by atoms with Gasteiger partial charge in [0, 0.05) is 23.3 Å². The van der Waals surface area contributed by atoms with Gasteiger partial charge in [0.1, 0.15) is 5.65 Å². The molecular weight excluding hydrogens is 398 g/mol. The molecule has 0 saturated carbocycles. The smallest absolute Gasteiger partial charge is 0.257 e. The van der Waals surface area contributed by atoms with Crippen LogP contribution in [0.4, 0.5) is 5.69 Å². The Morgan fingerprint density at radius 3 is 2.57 bits per heavy atom. The number of para-hydroxylation sites is 2. The molecule has 30 heavy (non-hydrogen) atoms. The summed E-state index contributed by atoms with van der Waals surface area (Å²) in [5, 5.41) is 14.7. The van der Waals surface area contributed by atoms with Gasteiger partial charge in [0.25, 0.3) is 5.56 Å². The number of aliphatic hydroxyl groups is 1. The number of anilines is 1. The van der Waals surface area contributed by atoms with Crippen LogP contribution < -0.4 is 10.9 Å². The van der Waals surface area contributed by atoms with Crippen molar-refractivity contribution in [3.8, 4) is 12.3 Å². The monoisotopic (exact) mass is 419 g/mol. The van der Waals surface area contributed by atoms with Gasteiger partial charge < -0.3 is 15.0 Å². The van der Waals surface area contributed by atoms with Crippen LogP contribution in [0, 0.1) is 26.2 Å². The lowest BCUT2D eigenvalue weighted by atomic mass is 10.1. The first-order chi connectivity index (χ1) is 14.4. The Labute approximate surface area is 179 Å². The van der Waals surface area contributed by atoms with Crippen LogP contribution in [0.25, 0.3) is 16.7 Å². The zero-order chi connectivity index (χ0) is 21.4. The molecule has 2 aromatic heterocycles. The predicted molar refractivity (Wildman–Crippen MR) is 123 cm³/mol. The molecule has 0 aliphatic rings. The van der Waals surface area contributed by atoms with Crippen molar-refractivity contribution < 1.29 is 5.11 Å². The first kappa shape index (κ1) is 20.1. The van der Waals surface area contributed by atoms with E-state index in [1.807, 2.05) is 60.9 Å². The molecule has 2 aromatic carbocycles. The topological polar surface area (TPSA) is 58.7 Å². The van der Waals surface area contributed by atoms with Crippen molar-refractivity contribution in [3.05, 3.63) is 80.6 Å². The molecule has 0 radical (unpaired) electrons. The van der Waals surface area contributed by atoms with Crippen molar-refractivity contribution >= 4 is 34.0 Å². The fraction of sp³-hybridized carbons (Fsp3) is 0.208. The van der Waals surface area contributed by atoms with Crippen molar-refractivity contribution in [1.29, 1.82) is 0 Å². The van der Waals surface area contributed by atoms with Gasteiger partial charge in [-0.1, -0.05) is 35.7 Å². The number of hydrogen-bond acceptors (Lipinski definition) is 3. The van der Waals surface area contributed by atoms with Crippen molar-refractivity contribution in [1.82, 2.24) is 8.97 Å². The van der Waals surface area contributed by atoms with E-state index in [1.165, 1.54) is 0 Å². The SMILES string of the molecule is C#Cc1c(C)cc(=O)n2c3ccccc3n(CC(O)CNc3ccc(C)c(Cl)c3)c12. The lowest BCUT2D eigenvalue weighted by molar-refractivity contribution is 0.169. The van der Waals surface area contributed by atoms with E-state index in [-0.39, 0.29) is 12.1 Å². The highest BCUT2D eigenvalue weighted by molar-refractivity contribution is 6.31. The number of nitrogens with zero attached hydrogens (tertiary/aromatic N) is 2. The molecule has 0 aliphatic carbocycles. The van der Waals surface area contributed by atoms with Crippen LogP contribution in [0.3, 0.4) is 0 Å². The van der Waals surface area contributed by atoms with Gasteiger partial charge in [0.05, 0.1) is 29.2 Å². The normalized spacial score (nSPS) is 12.2. The van der Waals surface area contributed by atoms with E-state index in [1.54, 1.807) is 10.5 Å². The van der Waals surface area contributed by atoms with Gasteiger partial charge in [-0.3, -0.25) is 9.20 Å². The molecule has 1 atom stereocenters. The summed E-state index contributed by atoms with van der Waals surface area (Å²) >= 11 is 6.18. The summed E-state index contributed by atoms with van der Waals surface area (Å²) < 4.78 is 3.55. The van der Waals surface area contributed by atoms with Gasteiger partial charge in [0.2, 0.25) is 0 Å². The van der Waals surface area contributed by atoms with Crippen LogP contribution in [0.15, 0.2) is 53.3 Å². The van der Waals surface area contributed by atoms with Gasteiger partial charge in [-0.2, -0.15) is 0 Å². The molecule has 0 fully saturated rings. The summed E-state index contributed by atoms with van der Waals surface area (Å²) in [7, 11) is 0. The Morgan fingerprint density at radius 1 is 1.13 bits per heavy atom. The van der Waals surface area contributed by atoms with E-state index in [2.05, 4.69) is 11.2 Å². The van der Waals surface area contributed by atoms with Crippen LogP contribution in [0.2, 0.25) is 5.02 Å². The Hall–Kier alpha value is -3.20. The average molecular weight is 420 g/mol. The summed E-state index contributed by atoms with van der Waals surface area (Å²) in [5.41, 5.74) is 5.32. The fourth-order valence-corrected chi connectivity index (χ4v) is 3.96. The summed E-state index contributed by atoms with van der Waals surface area (Å²) in [6, 6.07) is 14.8. The van der Waals surface area contributed by atoms with E-state index in [4.69, 9.17) is 18.0 Å². The Balaban J connectivity index is 1.73. The number of halogens is 1. The standard InChI is InChI=1S/C24H22ClN3O2/c1-4-19-16(3)11-23(30)28-22-8-6-5-7-21(22)27(24(19)28)14-18(29)13-26-17-10-9-15(2)20(25)12-17/h1,5-12,18,26,29H,13-14H2,2-3H3. The number of aryl methyl sites for hydroxylation is 2. The molecule has 152 valence electrons. The average Bonchev–Trinajstić information content (AvgIpc) is 3.04. The number of terminal acetylenes is 1. The Kier molecular flexibility index (Phi) is 5.29. The minimum absolute atomic E-state index is 0.140. The number of fused-ring (bicyclic) bond motifs is 3. The molecule has 4 rings (SSSR count). The van der Waals surface area contributed by atoms with Crippen LogP contribution in [0.1, 0.15) is 16.7 Å². The summed E-state index contributed by atoms with van der Waals surface area (Å²) in [5.74, 6) is 2.72. The highest BCUT2D eigenvalue weighted by atomic mass is 35.5. The second-order valence-electron chi connectivity index (χ2n) is 7.44. The molecule has 0 amide bonds. The second-order valence-corrected chi connectivity index (χ2v) is 7.85. The number of aromatic nitrogens is 2. The molecule has 0 bridgehead atoms. The molecule has 5 nitrogen and oxygen atoms in total. The largest absolute Gasteiger partial charge is 0.389 e. The molecule has 1 unspecified atom stereocenters. The summed E-state index contributed by atoms with van der Waals surface area (Å²) in [6.45, 7) is 4.37. The fourth-order valence-electron chi connectivity index (χ4n) is 3.78. The molecule has 0 aliphatic heterocycles. The third-order valence-corrected chi connectivity index (χ3v) is 5.72. The van der Waals surface area contributed by atoms with Crippen LogP contribution in [0.5, 0.6) is 0 Å². The Morgan fingerprint density at radius 2 is 1.87 bits per heavy atom. The number of rotatable bonds is 5. The molecule has 2 heterocycles. The maximum atomic E-state index is 12.7. The maximum Gasteiger partial charge on any atom is 0.257 e. The lowest BCUT2D eigenvalue weighted by Crippen LogP contribution is -2.25. The zero-order valence-corrected chi connectivity index (χ0v) is 17.6.